The van der Waals surface area contributed by atoms with Crippen LogP contribution in [0.4, 0.5) is 5.95 Å². The highest BCUT2D eigenvalue weighted by molar-refractivity contribution is 5.90. The summed E-state index contributed by atoms with van der Waals surface area (Å²) in [5.41, 5.74) is 7.04. The summed E-state index contributed by atoms with van der Waals surface area (Å²) in [5, 5.41) is 20.1. The molecule has 0 atom stereocenters. The molecule has 0 aliphatic carbocycles. The third kappa shape index (κ3) is 6.40. The quantitative estimate of drug-likeness (QED) is 0.269. The number of hydrogen-bond donors (Lipinski definition) is 1. The second-order valence-corrected chi connectivity index (χ2v) is 12.8. The Hall–Kier alpha value is -5.10. The predicted molar refractivity (Wildman–Crippen MR) is 187 cm³/mol. The topological polar surface area (TPSA) is 109 Å². The van der Waals surface area contributed by atoms with Crippen LogP contribution in [0.1, 0.15) is 18.4 Å². The van der Waals surface area contributed by atoms with Gasteiger partial charge in [-0.05, 0) is 62.3 Å². The summed E-state index contributed by atoms with van der Waals surface area (Å²) in [5.74, 6) is 2.46. The number of anilines is 1. The second kappa shape index (κ2) is 13.2. The molecule has 4 aromatic rings. The minimum absolute atomic E-state index is 0.298. The number of piperazine rings is 1. The molecule has 0 bridgehead atoms. The summed E-state index contributed by atoms with van der Waals surface area (Å²) in [4.78, 5) is 26.6. The van der Waals surface area contributed by atoms with Gasteiger partial charge in [0.05, 0.1) is 5.69 Å². The van der Waals surface area contributed by atoms with Gasteiger partial charge in [-0.2, -0.15) is 4.98 Å². The van der Waals surface area contributed by atoms with Gasteiger partial charge in [0.15, 0.2) is 17.3 Å². The van der Waals surface area contributed by atoms with Crippen molar-refractivity contribution in [3.8, 4) is 22.4 Å². The van der Waals surface area contributed by atoms with Gasteiger partial charge in [0.2, 0.25) is 5.95 Å². The van der Waals surface area contributed by atoms with E-state index in [1.54, 1.807) is 24.6 Å². The summed E-state index contributed by atoms with van der Waals surface area (Å²) in [6.07, 6.45) is 10.6. The first-order valence-corrected chi connectivity index (χ1v) is 16.6. The number of benzene rings is 2. The standard InChI is InChI=1S/C37H38N10O/c1-44-19-21-46(22-20-44)37-38-24-31-23-32(27-5-3-2-4-6-27)33(39-34(31)41-37)28-9-7-26(8-10-28)25-45-15-11-29(12-16-45)35-40-36(43-42-35)30-13-17-47(48)18-14-30/h2-10,13-14,17-18,23-24,29,48H,11-12,15-16,19-22,25H2,1H3. The fraction of sp³-hybridized carbons (Fsp3) is 0.297. The number of likely N-dealkylation sites (tertiary alicyclic amines) is 1. The number of hydroxylamine groups is 2. The van der Waals surface area contributed by atoms with Crippen molar-refractivity contribution in [1.82, 2.24) is 29.8 Å². The molecule has 2 saturated heterocycles. The average Bonchev–Trinajstić information content (AvgIpc) is 3.63. The molecule has 0 unspecified atom stereocenters. The summed E-state index contributed by atoms with van der Waals surface area (Å²) < 4.78 is 0. The Labute approximate surface area is 279 Å². The maximum absolute atomic E-state index is 9.50. The first-order chi connectivity index (χ1) is 23.6. The van der Waals surface area contributed by atoms with Crippen molar-refractivity contribution in [3.05, 3.63) is 108 Å². The SMILES string of the molecule is CN1CCN(c2ncc3cc(-c4ccccc4)c(-c4ccc(CN5CCC(C6=NC(=C7C=CN(O)C=C7)N=N6)CC5)cc4)nc3n2)CC1. The van der Waals surface area contributed by atoms with Gasteiger partial charge in [-0.15, -0.1) is 10.2 Å². The smallest absolute Gasteiger partial charge is 0.227 e. The van der Waals surface area contributed by atoms with Crippen molar-refractivity contribution < 1.29 is 5.21 Å². The Balaban J connectivity index is 0.980. The van der Waals surface area contributed by atoms with E-state index in [0.29, 0.717) is 11.7 Å². The first kappa shape index (κ1) is 30.2. The van der Waals surface area contributed by atoms with Crippen LogP contribution in [0.15, 0.2) is 118 Å². The normalized spacial score (nSPS) is 19.2. The average molecular weight is 639 g/mol. The third-order valence-electron chi connectivity index (χ3n) is 9.55. The number of aliphatic imine (C=N–C) groups is 1. The molecular formula is C37H38N10O. The molecule has 11 heteroatoms. The molecular weight excluding hydrogens is 600 g/mol. The van der Waals surface area contributed by atoms with E-state index in [1.165, 1.54) is 5.56 Å². The van der Waals surface area contributed by atoms with Crippen LogP contribution in [0.2, 0.25) is 0 Å². The van der Waals surface area contributed by atoms with E-state index in [9.17, 15) is 5.21 Å². The number of rotatable bonds is 6. The molecule has 6 heterocycles. The number of likely N-dealkylation sites (N-methyl/N-ethyl adjacent to an activating group) is 1. The molecule has 2 fully saturated rings. The van der Waals surface area contributed by atoms with Crippen LogP contribution in [0.3, 0.4) is 0 Å². The summed E-state index contributed by atoms with van der Waals surface area (Å²) >= 11 is 0. The van der Waals surface area contributed by atoms with Gasteiger partial charge < -0.3 is 9.80 Å². The van der Waals surface area contributed by atoms with Gasteiger partial charge in [0, 0.05) is 79.3 Å². The number of hydrogen-bond acceptors (Lipinski definition) is 11. The molecule has 0 spiro atoms. The maximum atomic E-state index is 9.50. The van der Waals surface area contributed by atoms with Crippen molar-refractivity contribution in [2.45, 2.75) is 19.4 Å². The predicted octanol–water partition coefficient (Wildman–Crippen LogP) is 6.13. The largest absolute Gasteiger partial charge is 0.338 e. The third-order valence-corrected chi connectivity index (χ3v) is 9.55. The molecule has 2 aromatic heterocycles. The lowest BCUT2D eigenvalue weighted by Crippen LogP contribution is -2.45. The van der Waals surface area contributed by atoms with E-state index in [0.717, 1.165) is 114 Å². The lowest BCUT2D eigenvalue weighted by Gasteiger charge is -2.32. The lowest BCUT2D eigenvalue weighted by atomic mass is 9.95. The van der Waals surface area contributed by atoms with Crippen LogP contribution in [0.25, 0.3) is 33.4 Å². The van der Waals surface area contributed by atoms with Crippen LogP contribution in [0.5, 0.6) is 0 Å². The number of amidine groups is 1. The molecule has 242 valence electrons. The highest BCUT2D eigenvalue weighted by Crippen LogP contribution is 2.34. The molecule has 48 heavy (non-hydrogen) atoms. The Bertz CT molecular complexity index is 1940. The molecule has 1 N–H and O–H groups in total. The van der Waals surface area contributed by atoms with Crippen molar-refractivity contribution in [3.63, 3.8) is 0 Å². The van der Waals surface area contributed by atoms with Gasteiger partial charge in [0.25, 0.3) is 0 Å². The number of allylic oxidation sites excluding steroid dienone is 3. The van der Waals surface area contributed by atoms with Gasteiger partial charge in [0.1, 0.15) is 0 Å². The lowest BCUT2D eigenvalue weighted by molar-refractivity contribution is 0.0105. The Kier molecular flexibility index (Phi) is 8.31. The van der Waals surface area contributed by atoms with E-state index in [-0.39, 0.29) is 0 Å². The van der Waals surface area contributed by atoms with E-state index < -0.39 is 0 Å². The van der Waals surface area contributed by atoms with Crippen LogP contribution in [0, 0.1) is 5.92 Å². The zero-order chi connectivity index (χ0) is 32.5. The molecule has 2 aromatic carbocycles. The number of nitrogens with zero attached hydrogens (tertiary/aromatic N) is 10. The minimum Gasteiger partial charge on any atom is -0.338 e. The van der Waals surface area contributed by atoms with Crippen LogP contribution in [-0.2, 0) is 6.54 Å². The fourth-order valence-corrected chi connectivity index (χ4v) is 6.66. The molecule has 11 nitrogen and oxygen atoms in total. The van der Waals surface area contributed by atoms with Gasteiger partial charge in [-0.1, -0.05) is 54.6 Å². The molecule has 0 saturated carbocycles. The van der Waals surface area contributed by atoms with Gasteiger partial charge in [-0.25, -0.2) is 20.0 Å². The van der Waals surface area contributed by atoms with Crippen molar-refractivity contribution >= 4 is 22.8 Å². The zero-order valence-corrected chi connectivity index (χ0v) is 27.0. The van der Waals surface area contributed by atoms with Crippen molar-refractivity contribution in [1.29, 1.82) is 0 Å². The van der Waals surface area contributed by atoms with Crippen LogP contribution in [-0.4, -0.2) is 87.2 Å². The van der Waals surface area contributed by atoms with Crippen LogP contribution >= 0.6 is 0 Å². The van der Waals surface area contributed by atoms with E-state index in [2.05, 4.69) is 86.6 Å². The molecule has 0 radical (unpaired) electrons. The van der Waals surface area contributed by atoms with Crippen molar-refractivity contribution in [2.75, 3.05) is 51.2 Å². The van der Waals surface area contributed by atoms with Crippen LogP contribution < -0.4 is 4.90 Å². The fourth-order valence-electron chi connectivity index (χ4n) is 6.66. The number of azo groups is 1. The minimum atomic E-state index is 0.298. The first-order valence-electron chi connectivity index (χ1n) is 16.6. The number of aromatic nitrogens is 3. The van der Waals surface area contributed by atoms with E-state index >= 15 is 0 Å². The van der Waals surface area contributed by atoms with Crippen molar-refractivity contribution in [2.24, 2.45) is 21.1 Å². The highest BCUT2D eigenvalue weighted by Gasteiger charge is 2.27. The highest BCUT2D eigenvalue weighted by atomic mass is 16.5. The summed E-state index contributed by atoms with van der Waals surface area (Å²) in [7, 11) is 2.15. The summed E-state index contributed by atoms with van der Waals surface area (Å²) in [6.45, 7) is 6.67. The maximum Gasteiger partial charge on any atom is 0.227 e. The Morgan fingerprint density at radius 3 is 2.31 bits per heavy atom. The Morgan fingerprint density at radius 1 is 0.812 bits per heavy atom. The molecule has 0 amide bonds. The molecule has 4 aliphatic rings. The second-order valence-electron chi connectivity index (χ2n) is 12.8. The van der Waals surface area contributed by atoms with Gasteiger partial charge in [-0.3, -0.25) is 10.1 Å². The number of piperidine rings is 1. The molecule has 4 aliphatic heterocycles. The monoisotopic (exact) mass is 638 g/mol. The molecule has 8 rings (SSSR count). The number of fused-ring (bicyclic) bond motifs is 1. The Morgan fingerprint density at radius 2 is 1.56 bits per heavy atom. The number of pyridine rings is 1. The zero-order valence-electron chi connectivity index (χ0n) is 27.0. The van der Waals surface area contributed by atoms with E-state index in [1.807, 2.05) is 12.3 Å². The van der Waals surface area contributed by atoms with E-state index in [4.69, 9.17) is 19.9 Å². The van der Waals surface area contributed by atoms with Gasteiger partial charge >= 0.3 is 0 Å². The summed E-state index contributed by atoms with van der Waals surface area (Å²) in [6, 6.07) is 21.5.